The largest absolute Gasteiger partial charge is 0.488 e. The second-order valence-corrected chi connectivity index (χ2v) is 4.22. The summed E-state index contributed by atoms with van der Waals surface area (Å²) in [6, 6.07) is 7.58. The number of hydrogen-bond acceptors (Lipinski definition) is 3. The lowest BCUT2D eigenvalue weighted by molar-refractivity contribution is -0.120. The summed E-state index contributed by atoms with van der Waals surface area (Å²) in [5.41, 5.74) is 5.17. The molecule has 1 atom stereocenters. The number of nitrogens with two attached hydrogens (primary N) is 1. The lowest BCUT2D eigenvalue weighted by atomic mass is 10.3. The first kappa shape index (κ1) is 13.0. The van der Waals surface area contributed by atoms with Gasteiger partial charge in [0, 0.05) is 0 Å². The maximum Gasteiger partial charge on any atom is 0.233 e. The van der Waals surface area contributed by atoms with Gasteiger partial charge >= 0.3 is 0 Å². The highest BCUT2D eigenvalue weighted by atomic mass is 79.9. The Kier molecular flexibility index (Phi) is 5.28. The third-order valence-electron chi connectivity index (χ3n) is 1.94. The molecule has 0 aliphatic heterocycles. The fourth-order valence-corrected chi connectivity index (χ4v) is 1.51. The summed E-state index contributed by atoms with van der Waals surface area (Å²) in [4.78, 5) is 10.9. The molecule has 0 aliphatic carbocycles. The Morgan fingerprint density at radius 2 is 2.25 bits per heavy atom. The molecule has 1 rings (SSSR count). The van der Waals surface area contributed by atoms with Gasteiger partial charge in [-0.1, -0.05) is 12.1 Å². The van der Waals surface area contributed by atoms with Gasteiger partial charge in [-0.3, -0.25) is 4.79 Å². The van der Waals surface area contributed by atoms with E-state index in [1.807, 2.05) is 31.2 Å². The summed E-state index contributed by atoms with van der Waals surface area (Å²) < 4.78 is 6.53. The van der Waals surface area contributed by atoms with Crippen molar-refractivity contribution < 1.29 is 9.53 Å². The minimum absolute atomic E-state index is 0.00174. The molecular formula is C11H15BrN2O2. The van der Waals surface area contributed by atoms with Gasteiger partial charge < -0.3 is 15.8 Å². The van der Waals surface area contributed by atoms with E-state index in [0.29, 0.717) is 6.54 Å². The summed E-state index contributed by atoms with van der Waals surface area (Å²) in [7, 11) is 0. The zero-order valence-corrected chi connectivity index (χ0v) is 10.7. The Balaban J connectivity index is 2.43. The van der Waals surface area contributed by atoms with Crippen molar-refractivity contribution in [1.29, 1.82) is 0 Å². The van der Waals surface area contributed by atoms with Crippen LogP contribution in [0.15, 0.2) is 28.7 Å². The average Bonchev–Trinajstić information content (AvgIpc) is 2.29. The Labute approximate surface area is 103 Å². The van der Waals surface area contributed by atoms with Crippen LogP contribution in [0.2, 0.25) is 0 Å². The van der Waals surface area contributed by atoms with Crippen LogP contribution in [0.3, 0.4) is 0 Å². The number of nitrogens with one attached hydrogen (secondary N) is 1. The Morgan fingerprint density at radius 3 is 2.88 bits per heavy atom. The smallest absolute Gasteiger partial charge is 0.233 e. The number of para-hydroxylation sites is 1. The van der Waals surface area contributed by atoms with Crippen molar-refractivity contribution in [3.05, 3.63) is 28.7 Å². The van der Waals surface area contributed by atoms with E-state index < -0.39 is 0 Å². The van der Waals surface area contributed by atoms with E-state index in [1.54, 1.807) is 0 Å². The van der Waals surface area contributed by atoms with E-state index in [2.05, 4.69) is 21.2 Å². The van der Waals surface area contributed by atoms with E-state index in [9.17, 15) is 4.79 Å². The third kappa shape index (κ3) is 4.20. The van der Waals surface area contributed by atoms with Crippen LogP contribution in [-0.2, 0) is 4.79 Å². The van der Waals surface area contributed by atoms with Crippen LogP contribution in [0.4, 0.5) is 0 Å². The van der Waals surface area contributed by atoms with Crippen LogP contribution in [0.5, 0.6) is 5.75 Å². The van der Waals surface area contributed by atoms with Crippen LogP contribution < -0.4 is 15.8 Å². The summed E-state index contributed by atoms with van der Waals surface area (Å²) >= 11 is 3.39. The quantitative estimate of drug-likeness (QED) is 0.857. The number of carbonyl (C=O) groups excluding carboxylic acids is 1. The first-order chi connectivity index (χ1) is 7.63. The lowest BCUT2D eigenvalue weighted by Gasteiger charge is -2.16. The monoisotopic (exact) mass is 286 g/mol. The van der Waals surface area contributed by atoms with E-state index in [-0.39, 0.29) is 18.6 Å². The highest BCUT2D eigenvalue weighted by Gasteiger charge is 2.07. The van der Waals surface area contributed by atoms with Gasteiger partial charge in [-0.05, 0) is 35.0 Å². The topological polar surface area (TPSA) is 64.4 Å². The van der Waals surface area contributed by atoms with E-state index in [1.165, 1.54) is 0 Å². The molecule has 3 N–H and O–H groups in total. The molecule has 0 radical (unpaired) electrons. The molecule has 1 aromatic carbocycles. The fourth-order valence-electron chi connectivity index (χ4n) is 1.13. The number of halogens is 1. The molecule has 1 aromatic rings. The lowest BCUT2D eigenvalue weighted by Crippen LogP contribution is -2.37. The number of ether oxygens (including phenoxy) is 1. The molecule has 0 saturated carbocycles. The molecule has 16 heavy (non-hydrogen) atoms. The van der Waals surface area contributed by atoms with Crippen molar-refractivity contribution in [2.45, 2.75) is 13.0 Å². The standard InChI is InChI=1S/C11H15BrN2O2/c1-8(7-14-11(15)6-13)16-10-5-3-2-4-9(10)12/h2-5,8H,6-7,13H2,1H3,(H,14,15). The van der Waals surface area contributed by atoms with Gasteiger partial charge in [-0.15, -0.1) is 0 Å². The van der Waals surface area contributed by atoms with Crippen molar-refractivity contribution in [1.82, 2.24) is 5.32 Å². The maximum absolute atomic E-state index is 10.9. The molecule has 0 aliphatic rings. The molecule has 0 fully saturated rings. The first-order valence-corrected chi connectivity index (χ1v) is 5.80. The summed E-state index contributed by atoms with van der Waals surface area (Å²) in [5.74, 6) is 0.583. The minimum Gasteiger partial charge on any atom is -0.488 e. The second kappa shape index (κ2) is 6.50. The maximum atomic E-state index is 10.9. The van der Waals surface area contributed by atoms with E-state index in [0.717, 1.165) is 10.2 Å². The zero-order chi connectivity index (χ0) is 12.0. The predicted molar refractivity (Wildman–Crippen MR) is 66.3 cm³/mol. The molecule has 0 saturated heterocycles. The van der Waals surface area contributed by atoms with Crippen molar-refractivity contribution in [2.75, 3.05) is 13.1 Å². The number of rotatable bonds is 5. The molecular weight excluding hydrogens is 272 g/mol. The zero-order valence-electron chi connectivity index (χ0n) is 9.07. The van der Waals surface area contributed by atoms with Gasteiger partial charge in [0.15, 0.2) is 0 Å². The first-order valence-electron chi connectivity index (χ1n) is 5.01. The predicted octanol–water partition coefficient (Wildman–Crippen LogP) is 1.29. The Morgan fingerprint density at radius 1 is 1.56 bits per heavy atom. The third-order valence-corrected chi connectivity index (χ3v) is 2.59. The Hall–Kier alpha value is -1.07. The van der Waals surface area contributed by atoms with Crippen molar-refractivity contribution in [2.24, 2.45) is 5.73 Å². The fraction of sp³-hybridized carbons (Fsp3) is 0.364. The van der Waals surface area contributed by atoms with Crippen LogP contribution in [-0.4, -0.2) is 25.1 Å². The van der Waals surface area contributed by atoms with Crippen LogP contribution in [0, 0.1) is 0 Å². The molecule has 1 amide bonds. The van der Waals surface area contributed by atoms with Crippen LogP contribution in [0.1, 0.15) is 6.92 Å². The minimum atomic E-state index is -0.178. The Bertz CT molecular complexity index is 358. The SMILES string of the molecule is CC(CNC(=O)CN)Oc1ccccc1Br. The van der Waals surface area contributed by atoms with E-state index in [4.69, 9.17) is 10.5 Å². The molecule has 0 spiro atoms. The van der Waals surface area contributed by atoms with Crippen molar-refractivity contribution >= 4 is 21.8 Å². The van der Waals surface area contributed by atoms with Gasteiger partial charge in [-0.25, -0.2) is 0 Å². The molecule has 0 bridgehead atoms. The van der Waals surface area contributed by atoms with Gasteiger partial charge in [-0.2, -0.15) is 0 Å². The van der Waals surface area contributed by atoms with Gasteiger partial charge in [0.1, 0.15) is 11.9 Å². The molecule has 0 aromatic heterocycles. The van der Waals surface area contributed by atoms with Crippen molar-refractivity contribution in [3.8, 4) is 5.75 Å². The second-order valence-electron chi connectivity index (χ2n) is 3.37. The molecule has 1 unspecified atom stereocenters. The number of carbonyl (C=O) groups is 1. The molecule has 0 heterocycles. The molecule has 88 valence electrons. The summed E-state index contributed by atoms with van der Waals surface area (Å²) in [6.45, 7) is 2.33. The average molecular weight is 287 g/mol. The highest BCUT2D eigenvalue weighted by Crippen LogP contribution is 2.24. The highest BCUT2D eigenvalue weighted by molar-refractivity contribution is 9.10. The van der Waals surface area contributed by atoms with Crippen LogP contribution >= 0.6 is 15.9 Å². The van der Waals surface area contributed by atoms with E-state index >= 15 is 0 Å². The van der Waals surface area contributed by atoms with Crippen molar-refractivity contribution in [3.63, 3.8) is 0 Å². The summed E-state index contributed by atoms with van der Waals surface area (Å²) in [6.07, 6.45) is -0.103. The molecule has 5 heteroatoms. The summed E-state index contributed by atoms with van der Waals surface area (Å²) in [5, 5.41) is 2.67. The van der Waals surface area contributed by atoms with Gasteiger partial charge in [0.25, 0.3) is 0 Å². The number of amides is 1. The van der Waals surface area contributed by atoms with Gasteiger partial charge in [0.05, 0.1) is 17.6 Å². The van der Waals surface area contributed by atoms with Crippen LogP contribution in [0.25, 0.3) is 0 Å². The number of benzene rings is 1. The number of hydrogen-bond donors (Lipinski definition) is 2. The normalized spacial score (nSPS) is 11.9. The molecule has 4 nitrogen and oxygen atoms in total. The van der Waals surface area contributed by atoms with Gasteiger partial charge in [0.2, 0.25) is 5.91 Å².